The van der Waals surface area contributed by atoms with Crippen molar-refractivity contribution in [1.29, 1.82) is 0 Å². The molecule has 0 spiro atoms. The number of rotatable bonds is 10. The van der Waals surface area contributed by atoms with Crippen LogP contribution in [-0.4, -0.2) is 87.9 Å². The summed E-state index contributed by atoms with van der Waals surface area (Å²) in [5.74, 6) is -10.0. The zero-order valence-corrected chi connectivity index (χ0v) is 17.3. The fourth-order valence-electron chi connectivity index (χ4n) is 1.43. The Morgan fingerprint density at radius 2 is 0.679 bits per heavy atom. The van der Waals surface area contributed by atoms with E-state index in [4.69, 9.17) is 40.9 Å². The van der Waals surface area contributed by atoms with E-state index < -0.39 is 72.7 Å². The molecule has 158 valence electrons. The first kappa shape index (κ1) is 33.8. The largest absolute Gasteiger partial charge is 1.00 e. The number of hydrogen-bond donors (Lipinski definition) is 8. The maximum Gasteiger partial charge on any atom is 1.00 e. The summed E-state index contributed by atoms with van der Waals surface area (Å²) < 4.78 is 0. The molecule has 0 atom stereocenters. The van der Waals surface area contributed by atoms with Crippen molar-refractivity contribution in [1.82, 2.24) is 0 Å². The average molecular weight is 464 g/mol. The van der Waals surface area contributed by atoms with E-state index in [-0.39, 0.29) is 48.1 Å². The molecular formula is C12H17FeNaO14. The fourth-order valence-corrected chi connectivity index (χ4v) is 1.43. The van der Waals surface area contributed by atoms with Crippen molar-refractivity contribution in [2.45, 2.75) is 36.9 Å². The Hall–Kier alpha value is -1.74. The number of hydrogen-bond acceptors (Lipinski definition) is 8. The molecule has 0 bridgehead atoms. The quantitative estimate of drug-likeness (QED) is 0.140. The monoisotopic (exact) mass is 464 g/mol. The van der Waals surface area contributed by atoms with Gasteiger partial charge in [-0.15, -0.1) is 0 Å². The first-order valence-electron chi connectivity index (χ1n) is 6.34. The van der Waals surface area contributed by atoms with Gasteiger partial charge in [0, 0.05) is 17.1 Å². The van der Waals surface area contributed by atoms with Crippen molar-refractivity contribution >= 4 is 35.8 Å². The normalized spacial score (nSPS) is 10.1. The maximum absolute atomic E-state index is 10.3. The Bertz CT molecular complexity index is 525. The smallest absolute Gasteiger partial charge is 1.00 e. The minimum atomic E-state index is -2.74. The summed E-state index contributed by atoms with van der Waals surface area (Å²) in [6, 6.07) is 0. The number of carboxylic acids is 6. The molecule has 0 aliphatic heterocycles. The van der Waals surface area contributed by atoms with E-state index in [1.54, 1.807) is 0 Å². The van der Waals surface area contributed by atoms with Gasteiger partial charge in [0.1, 0.15) is 0 Å². The van der Waals surface area contributed by atoms with Crippen LogP contribution in [0.4, 0.5) is 0 Å². The minimum Gasteiger partial charge on any atom is -1.00 e. The Labute approximate surface area is 190 Å². The van der Waals surface area contributed by atoms with Crippen LogP contribution in [-0.2, 0) is 45.8 Å². The summed E-state index contributed by atoms with van der Waals surface area (Å²) in [5, 5.41) is 67.6. The zero-order valence-electron chi connectivity index (χ0n) is 15.2. The van der Waals surface area contributed by atoms with Gasteiger partial charge in [-0.2, -0.15) is 0 Å². The van der Waals surface area contributed by atoms with Crippen LogP contribution in [0, 0.1) is 0 Å². The van der Waals surface area contributed by atoms with Crippen LogP contribution in [0.5, 0.6) is 0 Å². The second-order valence-corrected chi connectivity index (χ2v) is 4.96. The Kier molecular flexibility index (Phi) is 17.3. The summed E-state index contributed by atoms with van der Waals surface area (Å²) in [6.45, 7) is 0. The van der Waals surface area contributed by atoms with Gasteiger partial charge >= 0.3 is 65.4 Å². The van der Waals surface area contributed by atoms with Crippen molar-refractivity contribution in [3.05, 3.63) is 0 Å². The third kappa shape index (κ3) is 14.3. The van der Waals surface area contributed by atoms with E-state index >= 15 is 0 Å². The molecule has 0 aliphatic rings. The van der Waals surface area contributed by atoms with Gasteiger partial charge in [-0.05, 0) is 0 Å². The predicted molar refractivity (Wildman–Crippen MR) is 75.3 cm³/mol. The zero-order chi connectivity index (χ0) is 21.3. The van der Waals surface area contributed by atoms with Gasteiger partial charge in [0.2, 0.25) is 0 Å². The Morgan fingerprint density at radius 3 is 0.750 bits per heavy atom. The van der Waals surface area contributed by atoms with Gasteiger partial charge in [0.05, 0.1) is 25.7 Å². The van der Waals surface area contributed by atoms with Crippen LogP contribution in [0.1, 0.15) is 27.1 Å². The molecule has 0 aromatic carbocycles. The summed E-state index contributed by atoms with van der Waals surface area (Å²) in [7, 11) is 0. The van der Waals surface area contributed by atoms with Crippen LogP contribution in [0.3, 0.4) is 0 Å². The van der Waals surface area contributed by atoms with Crippen LogP contribution in [0.25, 0.3) is 0 Å². The average Bonchev–Trinajstić information content (AvgIpc) is 2.34. The second kappa shape index (κ2) is 14.3. The van der Waals surface area contributed by atoms with E-state index in [2.05, 4.69) is 0 Å². The minimum absolute atomic E-state index is 0. The van der Waals surface area contributed by atoms with Gasteiger partial charge in [-0.25, -0.2) is 9.59 Å². The van der Waals surface area contributed by atoms with Crippen molar-refractivity contribution in [3.8, 4) is 0 Å². The molecule has 0 rings (SSSR count). The molecular weight excluding hydrogens is 447 g/mol. The van der Waals surface area contributed by atoms with E-state index in [1.807, 2.05) is 0 Å². The Balaban J connectivity index is -0.000000120. The first-order valence-corrected chi connectivity index (χ1v) is 6.34. The van der Waals surface area contributed by atoms with E-state index in [9.17, 15) is 28.8 Å². The van der Waals surface area contributed by atoms with Crippen molar-refractivity contribution in [3.63, 3.8) is 0 Å². The molecule has 0 fully saturated rings. The first-order chi connectivity index (χ1) is 11.6. The second-order valence-electron chi connectivity index (χ2n) is 4.96. The number of carboxylic acid groups (broad SMARTS) is 6. The molecule has 0 unspecified atom stereocenters. The van der Waals surface area contributed by atoms with Crippen LogP contribution in [0.15, 0.2) is 0 Å². The third-order valence-corrected chi connectivity index (χ3v) is 2.57. The molecule has 14 nitrogen and oxygen atoms in total. The third-order valence-electron chi connectivity index (χ3n) is 2.57. The van der Waals surface area contributed by atoms with Gasteiger partial charge in [-0.3, -0.25) is 19.2 Å². The van der Waals surface area contributed by atoms with Gasteiger partial charge < -0.3 is 42.3 Å². The molecule has 0 aliphatic carbocycles. The van der Waals surface area contributed by atoms with Gasteiger partial charge in [0.25, 0.3) is 0 Å². The van der Waals surface area contributed by atoms with Crippen molar-refractivity contribution < 1.29 is 118 Å². The maximum atomic E-state index is 10.3. The SMILES string of the molecule is O=C(O)CC(O)(CC(=O)O)C(=O)O.O=C(O)CC(O)(CC(=O)O)C(=O)O.[Fe].[H-].[Na+]. The Morgan fingerprint density at radius 1 is 0.536 bits per heavy atom. The molecule has 0 aromatic heterocycles. The van der Waals surface area contributed by atoms with Crippen molar-refractivity contribution in [2.75, 3.05) is 0 Å². The summed E-state index contributed by atoms with van der Waals surface area (Å²) in [6.07, 6.45) is -4.58. The predicted octanol–water partition coefficient (Wildman–Crippen LogP) is -5.38. The van der Waals surface area contributed by atoms with Crippen LogP contribution >= 0.6 is 0 Å². The molecule has 0 heterocycles. The van der Waals surface area contributed by atoms with Crippen LogP contribution in [0.2, 0.25) is 0 Å². The fraction of sp³-hybridized carbons (Fsp3) is 0.500. The molecule has 28 heavy (non-hydrogen) atoms. The van der Waals surface area contributed by atoms with E-state index in [1.165, 1.54) is 0 Å². The molecule has 0 saturated heterocycles. The molecule has 16 heteroatoms. The molecule has 0 amide bonds. The molecule has 0 saturated carbocycles. The number of aliphatic hydroxyl groups is 2. The van der Waals surface area contributed by atoms with Gasteiger partial charge in [-0.1, -0.05) is 0 Å². The standard InChI is InChI=1S/2C6H8O7.Fe.Na.H/c2*7-3(8)1-6(13,5(11)12)2-4(9)10;;;/h2*13H,1-2H2,(H,7,8)(H,9,10)(H,11,12);;;/q;;;+1;-1. The van der Waals surface area contributed by atoms with Crippen molar-refractivity contribution in [2.24, 2.45) is 0 Å². The summed E-state index contributed by atoms with van der Waals surface area (Å²) >= 11 is 0. The van der Waals surface area contributed by atoms with Crippen LogP contribution < -0.4 is 29.6 Å². The molecule has 0 radical (unpaired) electrons. The topological polar surface area (TPSA) is 264 Å². The molecule has 8 N–H and O–H groups in total. The summed E-state index contributed by atoms with van der Waals surface area (Å²) in [5.41, 5.74) is -5.48. The number of carbonyl (C=O) groups is 6. The number of aliphatic carboxylic acids is 6. The molecule has 0 aromatic rings. The van der Waals surface area contributed by atoms with E-state index in [0.717, 1.165) is 0 Å². The van der Waals surface area contributed by atoms with E-state index in [0.29, 0.717) is 0 Å². The van der Waals surface area contributed by atoms with Gasteiger partial charge in [0.15, 0.2) is 11.2 Å². The summed E-state index contributed by atoms with van der Waals surface area (Å²) in [4.78, 5) is 61.0.